The van der Waals surface area contributed by atoms with Gasteiger partial charge < -0.3 is 9.80 Å². The lowest BCUT2D eigenvalue weighted by molar-refractivity contribution is -0.141. The quantitative estimate of drug-likeness (QED) is 0.775. The van der Waals surface area contributed by atoms with E-state index in [0.29, 0.717) is 17.1 Å². The lowest BCUT2D eigenvalue weighted by atomic mass is 9.91. The lowest BCUT2D eigenvalue weighted by Gasteiger charge is -2.28. The first-order chi connectivity index (χ1) is 12.6. The van der Waals surface area contributed by atoms with E-state index in [-0.39, 0.29) is 48.9 Å². The third kappa shape index (κ3) is 5.01. The summed E-state index contributed by atoms with van der Waals surface area (Å²) >= 11 is 5.90. The topological polar surface area (TPSA) is 60.9 Å². The van der Waals surface area contributed by atoms with Crippen molar-refractivity contribution in [1.82, 2.24) is 9.80 Å². The highest BCUT2D eigenvalue weighted by Crippen LogP contribution is 2.30. The maximum absolute atomic E-state index is 12.8. The molecule has 1 aromatic carbocycles. The third-order valence-corrected chi connectivity index (χ3v) is 4.98. The van der Waals surface area contributed by atoms with E-state index in [4.69, 9.17) is 11.6 Å². The van der Waals surface area contributed by atoms with Gasteiger partial charge in [-0.05, 0) is 42.5 Å². The minimum Gasteiger partial charge on any atom is -0.330 e. The molecule has 0 bridgehead atoms. The maximum Gasteiger partial charge on any atom is 0.248 e. The zero-order valence-electron chi connectivity index (χ0n) is 16.1. The van der Waals surface area contributed by atoms with Crippen LogP contribution in [-0.4, -0.2) is 53.3 Å². The van der Waals surface area contributed by atoms with Crippen LogP contribution in [0.5, 0.6) is 0 Å². The van der Waals surface area contributed by atoms with Crippen LogP contribution in [0.25, 0.3) is 0 Å². The number of nitrogens with zero attached hydrogens (tertiary/aromatic N) is 3. The molecule has 27 heavy (non-hydrogen) atoms. The van der Waals surface area contributed by atoms with Crippen LogP contribution < -0.4 is 4.90 Å². The van der Waals surface area contributed by atoms with Gasteiger partial charge in [0.25, 0.3) is 0 Å². The van der Waals surface area contributed by atoms with E-state index < -0.39 is 0 Å². The molecule has 146 valence electrons. The monoisotopic (exact) mass is 391 g/mol. The zero-order valence-corrected chi connectivity index (χ0v) is 16.8. The fraction of sp³-hybridized carbons (Fsp3) is 0.550. The second kappa shape index (κ2) is 7.50. The van der Waals surface area contributed by atoms with Crippen molar-refractivity contribution in [2.45, 2.75) is 46.1 Å². The summed E-state index contributed by atoms with van der Waals surface area (Å²) in [6, 6.07) is 7.12. The Morgan fingerprint density at radius 1 is 1.19 bits per heavy atom. The molecule has 1 aromatic rings. The van der Waals surface area contributed by atoms with Gasteiger partial charge in [-0.2, -0.15) is 0 Å². The average molecular weight is 392 g/mol. The maximum atomic E-state index is 12.8. The van der Waals surface area contributed by atoms with Gasteiger partial charge in [0.2, 0.25) is 17.7 Å². The van der Waals surface area contributed by atoms with Gasteiger partial charge in [-0.3, -0.25) is 19.3 Å². The Balaban J connectivity index is 1.64. The molecule has 1 saturated carbocycles. The van der Waals surface area contributed by atoms with Crippen molar-refractivity contribution < 1.29 is 14.4 Å². The normalized spacial score (nSPS) is 17.4. The predicted octanol–water partition coefficient (Wildman–Crippen LogP) is 2.90. The van der Waals surface area contributed by atoms with Crippen molar-refractivity contribution in [2.75, 3.05) is 24.7 Å². The summed E-state index contributed by atoms with van der Waals surface area (Å²) < 4.78 is 0. The molecule has 1 saturated heterocycles. The van der Waals surface area contributed by atoms with E-state index in [9.17, 15) is 14.4 Å². The largest absolute Gasteiger partial charge is 0.330 e. The highest BCUT2D eigenvalue weighted by Gasteiger charge is 2.38. The second-order valence-corrected chi connectivity index (χ2v) is 8.96. The standard InChI is InChI=1S/C20H26ClN3O3/c1-20(2,3)10-17(25)23(15-8-9-15)12-18(26)22-11-19(27)24(13-22)16-6-4-14(21)5-7-16/h4-7,15H,8-13H2,1-3H3. The van der Waals surface area contributed by atoms with Crippen molar-refractivity contribution in [3.05, 3.63) is 29.3 Å². The Hall–Kier alpha value is -2.08. The highest BCUT2D eigenvalue weighted by molar-refractivity contribution is 6.30. The highest BCUT2D eigenvalue weighted by atomic mass is 35.5. The van der Waals surface area contributed by atoms with Crippen LogP contribution in [0.2, 0.25) is 5.02 Å². The fourth-order valence-electron chi connectivity index (χ4n) is 3.17. The van der Waals surface area contributed by atoms with E-state index in [1.54, 1.807) is 34.1 Å². The van der Waals surface area contributed by atoms with E-state index in [2.05, 4.69) is 0 Å². The van der Waals surface area contributed by atoms with Crippen molar-refractivity contribution in [2.24, 2.45) is 5.41 Å². The summed E-state index contributed by atoms with van der Waals surface area (Å²) in [5.74, 6) is -0.308. The molecule has 0 radical (unpaired) electrons. The number of hydrogen-bond acceptors (Lipinski definition) is 3. The molecule has 0 unspecified atom stereocenters. The van der Waals surface area contributed by atoms with Gasteiger partial charge in [0.1, 0.15) is 19.8 Å². The van der Waals surface area contributed by atoms with Gasteiger partial charge in [-0.25, -0.2) is 0 Å². The summed E-state index contributed by atoms with van der Waals surface area (Å²) in [7, 11) is 0. The van der Waals surface area contributed by atoms with E-state index in [1.807, 2.05) is 20.8 Å². The lowest BCUT2D eigenvalue weighted by Crippen LogP contribution is -2.44. The van der Waals surface area contributed by atoms with Gasteiger partial charge in [0.05, 0.1) is 0 Å². The van der Waals surface area contributed by atoms with Gasteiger partial charge >= 0.3 is 0 Å². The van der Waals surface area contributed by atoms with Crippen molar-refractivity contribution in [1.29, 1.82) is 0 Å². The molecule has 6 nitrogen and oxygen atoms in total. The predicted molar refractivity (Wildman–Crippen MR) is 104 cm³/mol. The Bertz CT molecular complexity index is 738. The molecular weight excluding hydrogens is 366 g/mol. The molecule has 0 spiro atoms. The summed E-state index contributed by atoms with van der Waals surface area (Å²) in [6.45, 7) is 6.32. The van der Waals surface area contributed by atoms with Crippen LogP contribution in [0.15, 0.2) is 24.3 Å². The molecule has 0 atom stereocenters. The van der Waals surface area contributed by atoms with Crippen LogP contribution in [0.4, 0.5) is 5.69 Å². The van der Waals surface area contributed by atoms with Crippen LogP contribution in [0.3, 0.4) is 0 Å². The molecular formula is C20H26ClN3O3. The molecule has 1 heterocycles. The summed E-state index contributed by atoms with van der Waals surface area (Å²) in [5, 5.41) is 0.593. The van der Waals surface area contributed by atoms with E-state index >= 15 is 0 Å². The molecule has 7 heteroatoms. The van der Waals surface area contributed by atoms with Gasteiger partial charge in [0, 0.05) is 23.2 Å². The van der Waals surface area contributed by atoms with Crippen LogP contribution >= 0.6 is 11.6 Å². The Morgan fingerprint density at radius 3 is 2.37 bits per heavy atom. The second-order valence-electron chi connectivity index (χ2n) is 8.52. The first-order valence-corrected chi connectivity index (χ1v) is 9.65. The fourth-order valence-corrected chi connectivity index (χ4v) is 3.30. The number of amides is 3. The van der Waals surface area contributed by atoms with Crippen molar-refractivity contribution in [3.8, 4) is 0 Å². The number of carbonyl (C=O) groups excluding carboxylic acids is 3. The first-order valence-electron chi connectivity index (χ1n) is 9.27. The Morgan fingerprint density at radius 2 is 1.81 bits per heavy atom. The van der Waals surface area contributed by atoms with Crippen molar-refractivity contribution >= 4 is 35.0 Å². The summed E-state index contributed by atoms with van der Waals surface area (Å²) in [6.07, 6.45) is 2.30. The molecule has 3 rings (SSSR count). The smallest absolute Gasteiger partial charge is 0.248 e. The number of anilines is 1. The Labute approximate surface area is 165 Å². The van der Waals surface area contributed by atoms with E-state index in [1.165, 1.54) is 4.90 Å². The third-order valence-electron chi connectivity index (χ3n) is 4.73. The summed E-state index contributed by atoms with van der Waals surface area (Å²) in [4.78, 5) is 42.5. The molecule has 2 fully saturated rings. The first kappa shape index (κ1) is 19.7. The number of benzene rings is 1. The number of halogens is 1. The molecule has 0 N–H and O–H groups in total. The number of rotatable bonds is 5. The molecule has 3 amide bonds. The molecule has 0 aromatic heterocycles. The van der Waals surface area contributed by atoms with Gasteiger partial charge in [-0.15, -0.1) is 0 Å². The van der Waals surface area contributed by atoms with Gasteiger partial charge in [0.15, 0.2) is 0 Å². The van der Waals surface area contributed by atoms with Crippen molar-refractivity contribution in [3.63, 3.8) is 0 Å². The van der Waals surface area contributed by atoms with E-state index in [0.717, 1.165) is 12.8 Å². The summed E-state index contributed by atoms with van der Waals surface area (Å²) in [5.41, 5.74) is 0.588. The van der Waals surface area contributed by atoms with Crippen LogP contribution in [0, 0.1) is 5.41 Å². The molecule has 1 aliphatic carbocycles. The number of hydrogen-bond donors (Lipinski definition) is 0. The number of carbonyl (C=O) groups is 3. The minimum absolute atomic E-state index is 0.0124. The van der Waals surface area contributed by atoms with Crippen LogP contribution in [-0.2, 0) is 14.4 Å². The zero-order chi connectivity index (χ0) is 19.8. The SMILES string of the molecule is CC(C)(C)CC(=O)N(CC(=O)N1CC(=O)N(c2ccc(Cl)cc2)C1)C1CC1. The average Bonchev–Trinajstić information content (AvgIpc) is 3.33. The van der Waals surface area contributed by atoms with Gasteiger partial charge in [-0.1, -0.05) is 32.4 Å². The minimum atomic E-state index is -0.186. The molecule has 1 aliphatic heterocycles. The molecule has 2 aliphatic rings. The van der Waals surface area contributed by atoms with Crippen LogP contribution in [0.1, 0.15) is 40.0 Å². The Kier molecular flexibility index (Phi) is 5.47.